The molecule has 0 radical (unpaired) electrons. The third kappa shape index (κ3) is 10.9. The van der Waals surface area contributed by atoms with Crippen LogP contribution in [0.5, 0.6) is 0 Å². The van der Waals surface area contributed by atoms with Crippen LogP contribution in [0.25, 0.3) is 0 Å². The van der Waals surface area contributed by atoms with Crippen LogP contribution in [0.2, 0.25) is 0 Å². The predicted molar refractivity (Wildman–Crippen MR) is 132 cm³/mol. The number of aliphatic hydroxyl groups is 1. The second kappa shape index (κ2) is 14.4. The van der Waals surface area contributed by atoms with E-state index in [0.29, 0.717) is 6.42 Å². The van der Waals surface area contributed by atoms with E-state index in [9.17, 15) is 29.4 Å². The zero-order valence-corrected chi connectivity index (χ0v) is 21.2. The highest BCUT2D eigenvalue weighted by Gasteiger charge is 2.32. The average molecular weight is 493 g/mol. The summed E-state index contributed by atoms with van der Waals surface area (Å²) in [4.78, 5) is 50.2. The summed E-state index contributed by atoms with van der Waals surface area (Å²) in [7, 11) is 0. The number of hydrogen-bond acceptors (Lipinski definition) is 6. The molecule has 10 heteroatoms. The molecule has 0 heterocycles. The normalized spacial score (nSPS) is 15.6. The Bertz CT molecular complexity index is 844. The molecule has 5 unspecified atom stereocenters. The van der Waals surface area contributed by atoms with Gasteiger partial charge < -0.3 is 31.9 Å². The molecule has 0 saturated heterocycles. The summed E-state index contributed by atoms with van der Waals surface area (Å²) in [5.41, 5.74) is 6.63. The lowest BCUT2D eigenvalue weighted by Gasteiger charge is -2.27. The van der Waals surface area contributed by atoms with E-state index in [-0.39, 0.29) is 24.7 Å². The molecule has 0 spiro atoms. The van der Waals surface area contributed by atoms with Gasteiger partial charge in [0.25, 0.3) is 0 Å². The number of carbonyl (C=O) groups is 4. The van der Waals surface area contributed by atoms with Crippen molar-refractivity contribution in [3.05, 3.63) is 35.9 Å². The Kier molecular flexibility index (Phi) is 12.4. The van der Waals surface area contributed by atoms with E-state index in [2.05, 4.69) is 16.0 Å². The number of carbonyl (C=O) groups excluding carboxylic acids is 3. The number of aliphatic carboxylic acids is 1. The van der Waals surface area contributed by atoms with Crippen molar-refractivity contribution in [1.29, 1.82) is 0 Å². The van der Waals surface area contributed by atoms with Crippen LogP contribution in [0.15, 0.2) is 30.3 Å². The minimum atomic E-state index is -1.35. The van der Waals surface area contributed by atoms with E-state index in [1.165, 1.54) is 6.92 Å². The third-order valence-corrected chi connectivity index (χ3v) is 5.36. The van der Waals surface area contributed by atoms with Crippen molar-refractivity contribution in [2.24, 2.45) is 17.6 Å². The number of amides is 3. The molecule has 1 aromatic rings. The quantitative estimate of drug-likeness (QED) is 0.220. The molecule has 3 amide bonds. The first-order valence-electron chi connectivity index (χ1n) is 11.9. The van der Waals surface area contributed by atoms with Gasteiger partial charge in [-0.25, -0.2) is 4.79 Å². The summed E-state index contributed by atoms with van der Waals surface area (Å²) in [6, 6.07) is 4.43. The first-order chi connectivity index (χ1) is 16.3. The van der Waals surface area contributed by atoms with Crippen molar-refractivity contribution in [3.8, 4) is 0 Å². The van der Waals surface area contributed by atoms with Gasteiger partial charge in [0.2, 0.25) is 17.7 Å². The molecule has 196 valence electrons. The molecule has 0 saturated carbocycles. The van der Waals surface area contributed by atoms with Gasteiger partial charge in [-0.2, -0.15) is 0 Å². The van der Waals surface area contributed by atoms with Crippen molar-refractivity contribution < 1.29 is 29.4 Å². The Balaban J connectivity index is 3.08. The Hall–Kier alpha value is -2.98. The van der Waals surface area contributed by atoms with Crippen LogP contribution in [-0.2, 0) is 25.6 Å². The van der Waals surface area contributed by atoms with Crippen molar-refractivity contribution in [2.75, 3.05) is 0 Å². The molecule has 5 atom stereocenters. The monoisotopic (exact) mass is 492 g/mol. The molecular formula is C25H40N4O6. The van der Waals surface area contributed by atoms with E-state index in [0.717, 1.165) is 5.56 Å². The number of hydrogen-bond donors (Lipinski definition) is 6. The van der Waals surface area contributed by atoms with Crippen LogP contribution >= 0.6 is 0 Å². The van der Waals surface area contributed by atoms with Crippen LogP contribution in [0.4, 0.5) is 0 Å². The minimum absolute atomic E-state index is 0.0171. The second-order valence-corrected chi connectivity index (χ2v) is 9.74. The van der Waals surface area contributed by atoms with E-state index >= 15 is 0 Å². The summed E-state index contributed by atoms with van der Waals surface area (Å²) < 4.78 is 0. The maximum Gasteiger partial charge on any atom is 0.326 e. The van der Waals surface area contributed by atoms with Gasteiger partial charge in [0.05, 0.1) is 12.1 Å². The predicted octanol–water partition coefficient (Wildman–Crippen LogP) is 0.568. The summed E-state index contributed by atoms with van der Waals surface area (Å²) in [6.45, 7) is 8.83. The molecule has 0 bridgehead atoms. The molecule has 0 fully saturated rings. The van der Waals surface area contributed by atoms with Gasteiger partial charge in [0.1, 0.15) is 18.1 Å². The lowest BCUT2D eigenvalue weighted by atomic mass is 10.0. The fraction of sp³-hybridized carbons (Fsp3) is 0.600. The molecule has 0 aliphatic heterocycles. The Labute approximate surface area is 207 Å². The maximum absolute atomic E-state index is 13.1. The van der Waals surface area contributed by atoms with Gasteiger partial charge in [-0.3, -0.25) is 14.4 Å². The number of nitrogens with one attached hydrogen (secondary N) is 3. The van der Waals surface area contributed by atoms with Crippen molar-refractivity contribution >= 4 is 23.7 Å². The summed E-state index contributed by atoms with van der Waals surface area (Å²) >= 11 is 0. The number of carboxylic acids is 1. The van der Waals surface area contributed by atoms with Crippen molar-refractivity contribution in [3.63, 3.8) is 0 Å². The molecule has 0 aliphatic rings. The average Bonchev–Trinajstić information content (AvgIpc) is 2.75. The molecule has 0 aromatic heterocycles. The van der Waals surface area contributed by atoms with Gasteiger partial charge in [-0.1, -0.05) is 58.0 Å². The topological polar surface area (TPSA) is 171 Å². The molecule has 0 aliphatic carbocycles. The van der Waals surface area contributed by atoms with Gasteiger partial charge in [0.15, 0.2) is 0 Å². The molecule has 7 N–H and O–H groups in total. The summed E-state index contributed by atoms with van der Waals surface area (Å²) in [5.74, 6) is -3.05. The number of carboxylic acid groups (broad SMARTS) is 1. The van der Waals surface area contributed by atoms with Gasteiger partial charge in [-0.15, -0.1) is 0 Å². The van der Waals surface area contributed by atoms with Gasteiger partial charge in [-0.05, 0) is 37.2 Å². The SMILES string of the molecule is CC(C)CC(N)C(=O)NC(C(=O)NC(Cc1ccccc1)C(=O)NC(CC(C)C)C(=O)O)C(C)O. The van der Waals surface area contributed by atoms with Gasteiger partial charge >= 0.3 is 5.97 Å². The molecular weight excluding hydrogens is 452 g/mol. The van der Waals surface area contributed by atoms with E-state index in [1.54, 1.807) is 30.3 Å². The van der Waals surface area contributed by atoms with Crippen LogP contribution < -0.4 is 21.7 Å². The summed E-state index contributed by atoms with van der Waals surface area (Å²) in [5, 5.41) is 27.2. The number of benzene rings is 1. The highest BCUT2D eigenvalue weighted by atomic mass is 16.4. The highest BCUT2D eigenvalue weighted by Crippen LogP contribution is 2.09. The highest BCUT2D eigenvalue weighted by molar-refractivity contribution is 5.94. The maximum atomic E-state index is 13.1. The third-order valence-electron chi connectivity index (χ3n) is 5.36. The summed E-state index contributed by atoms with van der Waals surface area (Å²) in [6.07, 6.45) is -0.573. The zero-order chi connectivity index (χ0) is 26.7. The smallest absolute Gasteiger partial charge is 0.326 e. The van der Waals surface area contributed by atoms with Crippen LogP contribution in [0, 0.1) is 11.8 Å². The second-order valence-electron chi connectivity index (χ2n) is 9.74. The Morgan fingerprint density at radius 3 is 1.83 bits per heavy atom. The van der Waals surface area contributed by atoms with Crippen molar-refractivity contribution in [2.45, 2.75) is 84.2 Å². The fourth-order valence-electron chi connectivity index (χ4n) is 3.57. The lowest BCUT2D eigenvalue weighted by molar-refractivity contribution is -0.143. The molecule has 1 aromatic carbocycles. The molecule has 10 nitrogen and oxygen atoms in total. The fourth-order valence-corrected chi connectivity index (χ4v) is 3.57. The number of nitrogens with two attached hydrogens (primary N) is 1. The standard InChI is InChI=1S/C25H40N4O6/c1-14(2)11-18(26)22(31)29-21(16(5)30)24(33)27-19(13-17-9-7-6-8-10-17)23(32)28-20(25(34)35)12-15(3)4/h6-10,14-16,18-21,30H,11-13,26H2,1-5H3,(H,27,33)(H,28,32)(H,29,31)(H,34,35). The van der Waals surface area contributed by atoms with Gasteiger partial charge in [0, 0.05) is 6.42 Å². The lowest BCUT2D eigenvalue weighted by Crippen LogP contribution is -2.60. The first kappa shape index (κ1) is 30.1. The van der Waals surface area contributed by atoms with E-state index in [1.807, 2.05) is 27.7 Å². The largest absolute Gasteiger partial charge is 0.480 e. The van der Waals surface area contributed by atoms with Crippen LogP contribution in [-0.4, -0.2) is 64.2 Å². The van der Waals surface area contributed by atoms with E-state index < -0.39 is 54.0 Å². The molecule has 1 rings (SSSR count). The van der Waals surface area contributed by atoms with Crippen LogP contribution in [0.3, 0.4) is 0 Å². The zero-order valence-electron chi connectivity index (χ0n) is 21.2. The Morgan fingerprint density at radius 1 is 0.800 bits per heavy atom. The first-order valence-corrected chi connectivity index (χ1v) is 11.9. The minimum Gasteiger partial charge on any atom is -0.480 e. The molecule has 35 heavy (non-hydrogen) atoms. The van der Waals surface area contributed by atoms with Crippen molar-refractivity contribution in [1.82, 2.24) is 16.0 Å². The number of aliphatic hydroxyl groups excluding tert-OH is 1. The Morgan fingerprint density at radius 2 is 1.34 bits per heavy atom. The van der Waals surface area contributed by atoms with E-state index in [4.69, 9.17) is 5.73 Å². The van der Waals surface area contributed by atoms with Crippen LogP contribution in [0.1, 0.15) is 53.0 Å². The number of rotatable bonds is 14.